The zero-order valence-corrected chi connectivity index (χ0v) is 11.7. The molecule has 0 saturated heterocycles. The average molecular weight is 302 g/mol. The standard InChI is InChI=1S/C14H14N4O4/c1-22-13-8-11(18(20)21)6-7-12(13)17-14(19)16-10-4-2-9(15)3-5-10/h2-8H,15H2,1H3,(H2,16,17,19). The number of anilines is 3. The van der Waals surface area contributed by atoms with Crippen molar-refractivity contribution in [1.29, 1.82) is 0 Å². The van der Waals surface area contributed by atoms with Crippen LogP contribution in [0.25, 0.3) is 0 Å². The number of carbonyl (C=O) groups excluding carboxylic acids is 1. The monoisotopic (exact) mass is 302 g/mol. The van der Waals surface area contributed by atoms with E-state index in [1.807, 2.05) is 0 Å². The molecule has 0 radical (unpaired) electrons. The van der Waals surface area contributed by atoms with Gasteiger partial charge in [0.05, 0.1) is 23.8 Å². The first-order chi connectivity index (χ1) is 10.5. The number of carbonyl (C=O) groups is 1. The number of rotatable bonds is 4. The molecule has 114 valence electrons. The molecule has 0 saturated carbocycles. The number of nitrogens with one attached hydrogen (secondary N) is 2. The Kier molecular flexibility index (Phi) is 4.42. The lowest BCUT2D eigenvalue weighted by Crippen LogP contribution is -2.19. The number of benzene rings is 2. The molecule has 0 atom stereocenters. The molecule has 2 rings (SSSR count). The van der Waals surface area contributed by atoms with Crippen molar-refractivity contribution in [3.63, 3.8) is 0 Å². The van der Waals surface area contributed by atoms with Crippen LogP contribution in [0, 0.1) is 10.1 Å². The summed E-state index contributed by atoms with van der Waals surface area (Å²) in [5.41, 5.74) is 6.90. The van der Waals surface area contributed by atoms with Crippen molar-refractivity contribution in [3.8, 4) is 5.75 Å². The van der Waals surface area contributed by atoms with Crippen LogP contribution < -0.4 is 21.1 Å². The summed E-state index contributed by atoms with van der Waals surface area (Å²) in [5.74, 6) is 0.196. The van der Waals surface area contributed by atoms with Gasteiger partial charge in [-0.25, -0.2) is 4.79 Å². The molecule has 22 heavy (non-hydrogen) atoms. The van der Waals surface area contributed by atoms with Crippen LogP contribution >= 0.6 is 0 Å². The average Bonchev–Trinajstić information content (AvgIpc) is 2.49. The third-order valence-corrected chi connectivity index (χ3v) is 2.81. The van der Waals surface area contributed by atoms with E-state index >= 15 is 0 Å². The first-order valence-electron chi connectivity index (χ1n) is 6.25. The van der Waals surface area contributed by atoms with Crippen molar-refractivity contribution in [2.75, 3.05) is 23.5 Å². The number of nitro benzene ring substituents is 1. The number of ether oxygens (including phenoxy) is 1. The number of nitrogens with two attached hydrogens (primary N) is 1. The van der Waals surface area contributed by atoms with Crippen molar-refractivity contribution in [1.82, 2.24) is 0 Å². The highest BCUT2D eigenvalue weighted by atomic mass is 16.6. The highest BCUT2D eigenvalue weighted by Crippen LogP contribution is 2.29. The van der Waals surface area contributed by atoms with E-state index in [0.717, 1.165) is 0 Å². The lowest BCUT2D eigenvalue weighted by atomic mass is 10.2. The highest BCUT2D eigenvalue weighted by Gasteiger charge is 2.13. The summed E-state index contributed by atoms with van der Waals surface area (Å²) in [5, 5.41) is 15.9. The minimum absolute atomic E-state index is 0.124. The maximum Gasteiger partial charge on any atom is 0.323 e. The summed E-state index contributed by atoms with van der Waals surface area (Å²) in [6.45, 7) is 0. The first kappa shape index (κ1) is 15.1. The summed E-state index contributed by atoms with van der Waals surface area (Å²) < 4.78 is 5.04. The van der Waals surface area contributed by atoms with Crippen LogP contribution in [-0.2, 0) is 0 Å². The molecule has 8 nitrogen and oxygen atoms in total. The van der Waals surface area contributed by atoms with Gasteiger partial charge in [-0.3, -0.25) is 10.1 Å². The maximum atomic E-state index is 11.9. The van der Waals surface area contributed by atoms with E-state index in [9.17, 15) is 14.9 Å². The minimum atomic E-state index is -0.541. The molecular formula is C14H14N4O4. The molecular weight excluding hydrogens is 288 g/mol. The van der Waals surface area contributed by atoms with E-state index in [1.165, 1.54) is 25.3 Å². The smallest absolute Gasteiger partial charge is 0.323 e. The molecule has 4 N–H and O–H groups in total. The Labute approximate surface area is 126 Å². The number of nitrogen functional groups attached to an aromatic ring is 1. The predicted molar refractivity (Wildman–Crippen MR) is 83.1 cm³/mol. The van der Waals surface area contributed by atoms with Gasteiger partial charge in [0.15, 0.2) is 0 Å². The number of methoxy groups -OCH3 is 1. The predicted octanol–water partition coefficient (Wildman–Crippen LogP) is 2.83. The molecule has 2 aromatic carbocycles. The molecule has 0 aromatic heterocycles. The SMILES string of the molecule is COc1cc([N+](=O)[O-])ccc1NC(=O)Nc1ccc(N)cc1. The first-order valence-corrected chi connectivity index (χ1v) is 6.25. The number of nitro groups is 1. The second-order valence-electron chi connectivity index (χ2n) is 4.34. The van der Waals surface area contributed by atoms with Gasteiger partial charge in [-0.2, -0.15) is 0 Å². The Balaban J connectivity index is 2.10. The number of urea groups is 1. The molecule has 2 amide bonds. The molecule has 8 heteroatoms. The second kappa shape index (κ2) is 6.44. The van der Waals surface area contributed by atoms with Gasteiger partial charge in [0.25, 0.3) is 5.69 Å². The van der Waals surface area contributed by atoms with E-state index in [0.29, 0.717) is 17.1 Å². The van der Waals surface area contributed by atoms with E-state index in [2.05, 4.69) is 10.6 Å². The van der Waals surface area contributed by atoms with Gasteiger partial charge < -0.3 is 21.1 Å². The topological polar surface area (TPSA) is 120 Å². The van der Waals surface area contributed by atoms with Gasteiger partial charge in [-0.15, -0.1) is 0 Å². The summed E-state index contributed by atoms with van der Waals surface area (Å²) in [6, 6.07) is 10.0. The van der Waals surface area contributed by atoms with Crippen LogP contribution in [0.3, 0.4) is 0 Å². The molecule has 0 heterocycles. The third kappa shape index (κ3) is 3.63. The summed E-state index contributed by atoms with van der Waals surface area (Å²) in [7, 11) is 1.36. The lowest BCUT2D eigenvalue weighted by Gasteiger charge is -2.11. The zero-order valence-electron chi connectivity index (χ0n) is 11.7. The molecule has 0 spiro atoms. The highest BCUT2D eigenvalue weighted by molar-refractivity contribution is 6.00. The van der Waals surface area contributed by atoms with Crippen molar-refractivity contribution in [3.05, 3.63) is 52.6 Å². The molecule has 0 aliphatic carbocycles. The number of amides is 2. The fourth-order valence-electron chi connectivity index (χ4n) is 1.75. The van der Waals surface area contributed by atoms with Crippen LogP contribution in [0.1, 0.15) is 0 Å². The van der Waals surface area contributed by atoms with Gasteiger partial charge in [0.1, 0.15) is 5.75 Å². The molecule has 2 aromatic rings. The summed E-state index contributed by atoms with van der Waals surface area (Å²) in [4.78, 5) is 22.1. The lowest BCUT2D eigenvalue weighted by molar-refractivity contribution is -0.384. The molecule has 0 bridgehead atoms. The van der Waals surface area contributed by atoms with Gasteiger partial charge >= 0.3 is 6.03 Å². The fourth-order valence-corrected chi connectivity index (χ4v) is 1.75. The summed E-state index contributed by atoms with van der Waals surface area (Å²) in [6.07, 6.45) is 0. The van der Waals surface area contributed by atoms with E-state index in [4.69, 9.17) is 10.5 Å². The quantitative estimate of drug-likeness (QED) is 0.455. The van der Waals surface area contributed by atoms with Crippen LogP contribution in [0.4, 0.5) is 27.5 Å². The molecule has 0 aliphatic rings. The normalized spacial score (nSPS) is 9.86. The number of nitrogens with zero attached hydrogens (tertiary/aromatic N) is 1. The van der Waals surface area contributed by atoms with Crippen LogP contribution in [0.5, 0.6) is 5.75 Å². The Hall–Kier alpha value is -3.29. The maximum absolute atomic E-state index is 11.9. The van der Waals surface area contributed by atoms with E-state index in [1.54, 1.807) is 24.3 Å². The number of non-ortho nitro benzene ring substituents is 1. The fraction of sp³-hybridized carbons (Fsp3) is 0.0714. The van der Waals surface area contributed by atoms with Crippen molar-refractivity contribution in [2.45, 2.75) is 0 Å². The van der Waals surface area contributed by atoms with Crippen LogP contribution in [-0.4, -0.2) is 18.1 Å². The van der Waals surface area contributed by atoms with Crippen molar-refractivity contribution >= 4 is 28.8 Å². The molecule has 0 fully saturated rings. The Morgan fingerprint density at radius 3 is 2.45 bits per heavy atom. The number of hydrogen-bond donors (Lipinski definition) is 3. The van der Waals surface area contributed by atoms with Gasteiger partial charge in [-0.1, -0.05) is 0 Å². The minimum Gasteiger partial charge on any atom is -0.494 e. The largest absolute Gasteiger partial charge is 0.494 e. The van der Waals surface area contributed by atoms with Crippen molar-refractivity contribution < 1.29 is 14.5 Å². The van der Waals surface area contributed by atoms with Crippen LogP contribution in [0.15, 0.2) is 42.5 Å². The third-order valence-electron chi connectivity index (χ3n) is 2.81. The summed E-state index contributed by atoms with van der Waals surface area (Å²) >= 11 is 0. The van der Waals surface area contributed by atoms with E-state index in [-0.39, 0.29) is 11.4 Å². The zero-order chi connectivity index (χ0) is 16.1. The van der Waals surface area contributed by atoms with Gasteiger partial charge in [-0.05, 0) is 30.3 Å². The second-order valence-corrected chi connectivity index (χ2v) is 4.34. The van der Waals surface area contributed by atoms with Gasteiger partial charge in [0, 0.05) is 17.4 Å². The van der Waals surface area contributed by atoms with Crippen LogP contribution in [0.2, 0.25) is 0 Å². The molecule has 0 unspecified atom stereocenters. The van der Waals surface area contributed by atoms with E-state index < -0.39 is 11.0 Å². The Bertz CT molecular complexity index is 700. The Morgan fingerprint density at radius 2 is 1.86 bits per heavy atom. The Morgan fingerprint density at radius 1 is 1.18 bits per heavy atom. The molecule has 0 aliphatic heterocycles. The number of hydrogen-bond acceptors (Lipinski definition) is 5. The van der Waals surface area contributed by atoms with Crippen molar-refractivity contribution in [2.24, 2.45) is 0 Å². The van der Waals surface area contributed by atoms with Gasteiger partial charge in [0.2, 0.25) is 0 Å².